The number of hydrogen-bond acceptors (Lipinski definition) is 8. The van der Waals surface area contributed by atoms with Crippen LogP contribution in [0.4, 0.5) is 16.0 Å². The van der Waals surface area contributed by atoms with Crippen LogP contribution in [0, 0.1) is 17.8 Å². The van der Waals surface area contributed by atoms with E-state index in [0.29, 0.717) is 24.9 Å². The van der Waals surface area contributed by atoms with Gasteiger partial charge in [-0.05, 0) is 85.7 Å². The Morgan fingerprint density at radius 2 is 1.79 bits per heavy atom. The lowest BCUT2D eigenvalue weighted by molar-refractivity contribution is -0.136. The molecule has 3 atom stereocenters. The molecule has 3 amide bonds. The van der Waals surface area contributed by atoms with E-state index in [4.69, 9.17) is 10.1 Å². The Morgan fingerprint density at radius 3 is 2.64 bits per heavy atom. The number of rotatable bonds is 5. The molecule has 4 aliphatic heterocycles. The summed E-state index contributed by atoms with van der Waals surface area (Å²) in [6.45, 7) is 2.86. The molecule has 3 fully saturated rings. The molecule has 3 saturated heterocycles. The fraction of sp³-hybridized carbons (Fsp3) is 0.366. The van der Waals surface area contributed by atoms with E-state index in [9.17, 15) is 18.8 Å². The molecule has 3 aromatic heterocycles. The van der Waals surface area contributed by atoms with Crippen molar-refractivity contribution in [3.05, 3.63) is 95.2 Å². The van der Waals surface area contributed by atoms with Gasteiger partial charge in [-0.3, -0.25) is 19.7 Å². The number of pyridine rings is 1. The maximum Gasteiger partial charge on any atom is 0.255 e. The average molecular weight is 711 g/mol. The smallest absolute Gasteiger partial charge is 0.255 e. The van der Waals surface area contributed by atoms with Crippen molar-refractivity contribution in [2.75, 3.05) is 29.4 Å². The Balaban J connectivity index is 0.860. The van der Waals surface area contributed by atoms with E-state index >= 15 is 0 Å². The van der Waals surface area contributed by atoms with E-state index in [-0.39, 0.29) is 30.2 Å². The summed E-state index contributed by atoms with van der Waals surface area (Å²) >= 11 is 0. The van der Waals surface area contributed by atoms with Gasteiger partial charge in [0.05, 0.1) is 17.9 Å². The summed E-state index contributed by atoms with van der Waals surface area (Å²) in [7, 11) is 0. The fourth-order valence-corrected chi connectivity index (χ4v) is 8.36. The number of imide groups is 1. The number of benzene rings is 1. The van der Waals surface area contributed by atoms with Crippen LogP contribution in [-0.2, 0) is 16.1 Å². The molecule has 4 aromatic rings. The first-order chi connectivity index (χ1) is 25.9. The number of halogens is 1. The lowest BCUT2D eigenvalue weighted by Crippen LogP contribution is -2.52. The van der Waals surface area contributed by atoms with Crippen LogP contribution in [0.3, 0.4) is 0 Å². The largest absolute Gasteiger partial charge is 0.357 e. The minimum absolute atomic E-state index is 0.140. The second-order valence-corrected chi connectivity index (χ2v) is 14.5. The number of nitrogens with zero attached hydrogens (tertiary/aromatic N) is 7. The Labute approximate surface area is 306 Å². The van der Waals surface area contributed by atoms with Gasteiger partial charge in [-0.1, -0.05) is 36.1 Å². The summed E-state index contributed by atoms with van der Waals surface area (Å²) in [5, 5.41) is 7.39. The third-order valence-electron chi connectivity index (χ3n) is 11.1. The summed E-state index contributed by atoms with van der Waals surface area (Å²) in [4.78, 5) is 52.9. The number of fused-ring (bicyclic) bond motifs is 2. The monoisotopic (exact) mass is 710 g/mol. The first kappa shape index (κ1) is 33.0. The van der Waals surface area contributed by atoms with E-state index in [1.165, 1.54) is 0 Å². The van der Waals surface area contributed by atoms with Crippen molar-refractivity contribution < 1.29 is 18.8 Å². The van der Waals surface area contributed by atoms with Gasteiger partial charge < -0.3 is 14.7 Å². The number of amides is 3. The Bertz CT molecular complexity index is 2260. The zero-order valence-electron chi connectivity index (χ0n) is 29.2. The third kappa shape index (κ3) is 6.34. The maximum absolute atomic E-state index is 14.2. The molecular weight excluding hydrogens is 672 g/mol. The van der Waals surface area contributed by atoms with E-state index in [2.05, 4.69) is 38.0 Å². The first-order valence-electron chi connectivity index (χ1n) is 18.5. The molecule has 53 heavy (non-hydrogen) atoms. The summed E-state index contributed by atoms with van der Waals surface area (Å²) in [6.07, 6.45) is 11.2. The Kier molecular flexibility index (Phi) is 8.49. The van der Waals surface area contributed by atoms with Crippen LogP contribution in [0.2, 0.25) is 0 Å². The highest BCUT2D eigenvalue weighted by Gasteiger charge is 2.39. The van der Waals surface area contributed by atoms with Gasteiger partial charge in [0.1, 0.15) is 29.5 Å². The molecule has 1 aromatic carbocycles. The summed E-state index contributed by atoms with van der Waals surface area (Å²) in [5.41, 5.74) is 5.78. The van der Waals surface area contributed by atoms with E-state index in [0.717, 1.165) is 90.7 Å². The zero-order chi connectivity index (χ0) is 36.1. The van der Waals surface area contributed by atoms with Crippen LogP contribution < -0.4 is 15.1 Å². The molecule has 1 aliphatic carbocycles. The maximum atomic E-state index is 14.2. The van der Waals surface area contributed by atoms with Gasteiger partial charge in [-0.25, -0.2) is 18.9 Å². The topological polar surface area (TPSA) is 116 Å². The average Bonchev–Trinajstić information content (AvgIpc) is 3.92. The van der Waals surface area contributed by atoms with Gasteiger partial charge in [0.25, 0.3) is 5.91 Å². The predicted molar refractivity (Wildman–Crippen MR) is 198 cm³/mol. The molecule has 268 valence electrons. The predicted octanol–water partition coefficient (Wildman–Crippen LogP) is 5.01. The second-order valence-electron chi connectivity index (χ2n) is 14.5. The highest BCUT2D eigenvalue weighted by molar-refractivity contribution is 6.05. The number of imidazole rings is 1. The van der Waals surface area contributed by atoms with Crippen LogP contribution in [0.15, 0.2) is 78.5 Å². The highest BCUT2D eigenvalue weighted by atomic mass is 19.1. The van der Waals surface area contributed by atoms with Gasteiger partial charge in [-0.15, -0.1) is 5.10 Å². The molecular formula is C41H39FN8O3. The number of nitrogens with one attached hydrogen (secondary N) is 1. The van der Waals surface area contributed by atoms with Crippen LogP contribution in [0.1, 0.15) is 66.4 Å². The number of carbonyl (C=O) groups is 3. The zero-order valence-corrected chi connectivity index (χ0v) is 29.2. The van der Waals surface area contributed by atoms with Crippen molar-refractivity contribution in [3.63, 3.8) is 0 Å². The van der Waals surface area contributed by atoms with Gasteiger partial charge in [0, 0.05) is 56.1 Å². The molecule has 1 N–H and O–H groups in total. The fourth-order valence-electron chi connectivity index (χ4n) is 8.36. The van der Waals surface area contributed by atoms with Crippen LogP contribution in [0.5, 0.6) is 0 Å². The van der Waals surface area contributed by atoms with Crippen molar-refractivity contribution in [1.82, 2.24) is 29.8 Å². The number of allylic oxidation sites excluding steroid dienone is 3. The number of alkyl halides is 1. The van der Waals surface area contributed by atoms with E-state index < -0.39 is 18.1 Å². The summed E-state index contributed by atoms with van der Waals surface area (Å²) < 4.78 is 16.1. The standard InChI is InChI=1S/C41H39FN8O3/c42-30-5-1-4-28(23-30)33-7-3-19-48(33)38-15-14-36-43-24-35(50(36)46-38)32-6-2-8-37(44-32)47-20-17-26(18-21-47)9-10-27-11-12-31-29(22-27)25-49(41(31)53)34-13-16-39(51)45-40(34)52/h1-2,4-6,8,11-12,14-15,22,24,26,30,33-34H,3,7,13,16-21,23,25H2,(H,45,51,52). The van der Waals surface area contributed by atoms with Crippen molar-refractivity contribution in [1.29, 1.82) is 0 Å². The number of carbonyl (C=O) groups excluding carboxylic acids is 3. The van der Waals surface area contributed by atoms with Gasteiger partial charge in [0.2, 0.25) is 11.8 Å². The minimum atomic E-state index is -0.933. The molecule has 7 heterocycles. The quantitative estimate of drug-likeness (QED) is 0.227. The molecule has 0 saturated carbocycles. The van der Waals surface area contributed by atoms with E-state index in [1.54, 1.807) is 17.0 Å². The van der Waals surface area contributed by atoms with Gasteiger partial charge in [-0.2, -0.15) is 0 Å². The summed E-state index contributed by atoms with van der Waals surface area (Å²) in [6, 6.07) is 15.2. The molecule has 11 nitrogen and oxygen atoms in total. The summed E-state index contributed by atoms with van der Waals surface area (Å²) in [5.74, 6) is 7.90. The number of aromatic nitrogens is 4. The normalized spacial score (nSPS) is 23.3. The van der Waals surface area contributed by atoms with Crippen LogP contribution >= 0.6 is 0 Å². The lowest BCUT2D eigenvalue weighted by atomic mass is 9.95. The minimum Gasteiger partial charge on any atom is -0.357 e. The van der Waals surface area contributed by atoms with Gasteiger partial charge in [0.15, 0.2) is 5.65 Å². The second kappa shape index (κ2) is 13.6. The third-order valence-corrected chi connectivity index (χ3v) is 11.1. The van der Waals surface area contributed by atoms with Crippen LogP contribution in [0.25, 0.3) is 17.0 Å². The number of hydrogen-bond donors (Lipinski definition) is 1. The number of piperidine rings is 2. The molecule has 12 heteroatoms. The molecule has 0 radical (unpaired) electrons. The Hall–Kier alpha value is -5.83. The van der Waals surface area contributed by atoms with Crippen molar-refractivity contribution >= 4 is 35.0 Å². The molecule has 9 rings (SSSR count). The first-order valence-corrected chi connectivity index (χ1v) is 18.5. The SMILES string of the molecule is O=C1CCC(N2Cc3cc(C#CC4CCN(c5cccc(-c6cnc7ccc(N8CCCC8C8=CC=CC(F)C8)nn67)n5)CC4)ccc3C2=O)C(=O)N1. The van der Waals surface area contributed by atoms with Crippen LogP contribution in [-0.4, -0.2) is 80.1 Å². The molecule has 0 spiro atoms. The molecule has 3 unspecified atom stereocenters. The van der Waals surface area contributed by atoms with E-state index in [1.807, 2.05) is 59.3 Å². The lowest BCUT2D eigenvalue weighted by Gasteiger charge is -2.31. The highest BCUT2D eigenvalue weighted by Crippen LogP contribution is 2.34. The van der Waals surface area contributed by atoms with Crippen molar-refractivity contribution in [3.8, 4) is 23.2 Å². The van der Waals surface area contributed by atoms with Crippen molar-refractivity contribution in [2.24, 2.45) is 5.92 Å². The Morgan fingerprint density at radius 1 is 0.906 bits per heavy atom. The number of anilines is 2. The molecule has 0 bridgehead atoms. The van der Waals surface area contributed by atoms with Gasteiger partial charge >= 0.3 is 0 Å². The van der Waals surface area contributed by atoms with Crippen molar-refractivity contribution in [2.45, 2.75) is 69.7 Å². The molecule has 5 aliphatic rings.